The van der Waals surface area contributed by atoms with Crippen molar-refractivity contribution in [2.24, 2.45) is 0 Å². The molecule has 0 spiro atoms. The van der Waals surface area contributed by atoms with Gasteiger partial charge in [0.25, 0.3) is 0 Å². The van der Waals surface area contributed by atoms with Gasteiger partial charge >= 0.3 is 0 Å². The molecular weight excluding hydrogens is 254 g/mol. The third-order valence-corrected chi connectivity index (χ3v) is 3.58. The van der Waals surface area contributed by atoms with E-state index in [1.54, 1.807) is 0 Å². The molecule has 0 radical (unpaired) electrons. The summed E-state index contributed by atoms with van der Waals surface area (Å²) in [5.41, 5.74) is 1.17. The van der Waals surface area contributed by atoms with Gasteiger partial charge in [-0.2, -0.15) is 5.26 Å². The van der Waals surface area contributed by atoms with Crippen molar-refractivity contribution < 1.29 is 9.16 Å². The molecule has 0 aromatic heterocycles. The van der Waals surface area contributed by atoms with E-state index in [0.717, 1.165) is 6.42 Å². The van der Waals surface area contributed by atoms with Crippen LogP contribution in [0, 0.1) is 11.3 Å². The lowest BCUT2D eigenvalue weighted by atomic mass is 10.2. The highest BCUT2D eigenvalue weighted by Crippen LogP contribution is 2.13. The van der Waals surface area contributed by atoms with Gasteiger partial charge < -0.3 is 9.16 Å². The van der Waals surface area contributed by atoms with Crippen molar-refractivity contribution in [1.29, 1.82) is 5.26 Å². The van der Waals surface area contributed by atoms with Gasteiger partial charge in [0.15, 0.2) is 8.32 Å². The average molecular weight is 277 g/mol. The number of nitrogens with zero attached hydrogens (tertiary/aromatic N) is 1. The van der Waals surface area contributed by atoms with Crippen LogP contribution in [-0.2, 0) is 15.8 Å². The van der Waals surface area contributed by atoms with Crippen LogP contribution < -0.4 is 0 Å². The van der Waals surface area contributed by atoms with Crippen LogP contribution in [0.2, 0.25) is 19.6 Å². The van der Waals surface area contributed by atoms with Crippen LogP contribution in [0.1, 0.15) is 18.4 Å². The molecule has 1 aromatic rings. The summed E-state index contributed by atoms with van der Waals surface area (Å²) in [5.74, 6) is 0. The zero-order valence-corrected chi connectivity index (χ0v) is 13.1. The second kappa shape index (κ2) is 8.11. The summed E-state index contributed by atoms with van der Waals surface area (Å²) in [4.78, 5) is 0. The fourth-order valence-corrected chi connectivity index (χ4v) is 2.98. The third kappa shape index (κ3) is 7.78. The summed E-state index contributed by atoms with van der Waals surface area (Å²) in [6, 6.07) is 12.3. The number of benzene rings is 1. The largest absolute Gasteiger partial charge is 0.414 e. The van der Waals surface area contributed by atoms with Gasteiger partial charge in [-0.05, 0) is 31.6 Å². The lowest BCUT2D eigenvalue weighted by Gasteiger charge is -2.24. The molecule has 19 heavy (non-hydrogen) atoms. The van der Waals surface area contributed by atoms with Gasteiger partial charge in [0.05, 0.1) is 25.2 Å². The Kier molecular flexibility index (Phi) is 6.78. The smallest absolute Gasteiger partial charge is 0.184 e. The van der Waals surface area contributed by atoms with Crippen molar-refractivity contribution >= 4 is 8.32 Å². The molecule has 0 fully saturated rings. The van der Waals surface area contributed by atoms with E-state index in [9.17, 15) is 0 Å². The van der Waals surface area contributed by atoms with E-state index < -0.39 is 8.32 Å². The predicted molar refractivity (Wildman–Crippen MR) is 79.2 cm³/mol. The summed E-state index contributed by atoms with van der Waals surface area (Å²) in [7, 11) is -1.59. The quantitative estimate of drug-likeness (QED) is 0.537. The first kappa shape index (κ1) is 15.9. The number of nitriles is 1. The summed E-state index contributed by atoms with van der Waals surface area (Å²) in [6.45, 7) is 7.67. The Morgan fingerprint density at radius 2 is 1.89 bits per heavy atom. The van der Waals surface area contributed by atoms with Crippen LogP contribution in [-0.4, -0.2) is 21.0 Å². The molecule has 0 amide bonds. The van der Waals surface area contributed by atoms with E-state index in [0.29, 0.717) is 19.6 Å². The minimum absolute atomic E-state index is 0.00689. The zero-order chi connectivity index (χ0) is 14.1. The summed E-state index contributed by atoms with van der Waals surface area (Å²) in [5, 5.41) is 8.81. The Hall–Kier alpha value is -1.15. The van der Waals surface area contributed by atoms with Crippen LogP contribution in [0.5, 0.6) is 0 Å². The zero-order valence-electron chi connectivity index (χ0n) is 12.1. The van der Waals surface area contributed by atoms with Crippen LogP contribution in [0.15, 0.2) is 30.3 Å². The van der Waals surface area contributed by atoms with Gasteiger partial charge in [0.1, 0.15) is 0 Å². The highest BCUT2D eigenvalue weighted by molar-refractivity contribution is 6.69. The van der Waals surface area contributed by atoms with Gasteiger partial charge in [0.2, 0.25) is 0 Å². The van der Waals surface area contributed by atoms with Crippen LogP contribution in [0.4, 0.5) is 0 Å². The van der Waals surface area contributed by atoms with Crippen LogP contribution in [0.3, 0.4) is 0 Å². The van der Waals surface area contributed by atoms with E-state index in [1.807, 2.05) is 30.3 Å². The molecule has 0 heterocycles. The van der Waals surface area contributed by atoms with Crippen LogP contribution >= 0.6 is 0 Å². The van der Waals surface area contributed by atoms with Crippen molar-refractivity contribution in [2.75, 3.05) is 6.61 Å². The number of ether oxygens (including phenoxy) is 1. The summed E-state index contributed by atoms with van der Waals surface area (Å²) in [6.07, 6.45) is 1.23. The Balaban J connectivity index is 2.27. The first-order valence-corrected chi connectivity index (χ1v) is 10.1. The van der Waals surface area contributed by atoms with E-state index in [2.05, 4.69) is 25.7 Å². The first-order valence-electron chi connectivity index (χ1n) is 6.68. The molecule has 4 heteroatoms. The van der Waals surface area contributed by atoms with Crippen molar-refractivity contribution in [3.8, 4) is 6.07 Å². The highest BCUT2D eigenvalue weighted by Gasteiger charge is 2.20. The normalized spacial score (nSPS) is 12.9. The average Bonchev–Trinajstić information content (AvgIpc) is 2.34. The molecule has 1 atom stereocenters. The molecule has 0 saturated heterocycles. The third-order valence-electron chi connectivity index (χ3n) is 2.53. The van der Waals surface area contributed by atoms with E-state index >= 15 is 0 Å². The van der Waals surface area contributed by atoms with E-state index in [4.69, 9.17) is 14.4 Å². The van der Waals surface area contributed by atoms with Crippen molar-refractivity contribution in [2.45, 2.75) is 45.2 Å². The second-order valence-electron chi connectivity index (χ2n) is 5.54. The molecule has 0 aliphatic heterocycles. The second-order valence-corrected chi connectivity index (χ2v) is 10.0. The lowest BCUT2D eigenvalue weighted by Crippen LogP contribution is -2.32. The lowest BCUT2D eigenvalue weighted by molar-refractivity contribution is 0.0815. The number of rotatable bonds is 8. The molecule has 0 aliphatic carbocycles. The van der Waals surface area contributed by atoms with Gasteiger partial charge in [-0.25, -0.2) is 0 Å². The molecule has 104 valence electrons. The molecule has 3 nitrogen and oxygen atoms in total. The minimum atomic E-state index is -1.59. The Labute approximate surface area is 117 Å². The maximum atomic E-state index is 8.81. The highest BCUT2D eigenvalue weighted by atomic mass is 28.4. The predicted octanol–water partition coefficient (Wildman–Crippen LogP) is 3.73. The van der Waals surface area contributed by atoms with Crippen molar-refractivity contribution in [1.82, 2.24) is 0 Å². The maximum absolute atomic E-state index is 8.81. The topological polar surface area (TPSA) is 42.2 Å². The van der Waals surface area contributed by atoms with Gasteiger partial charge in [-0.3, -0.25) is 0 Å². The van der Waals surface area contributed by atoms with E-state index in [-0.39, 0.29) is 6.10 Å². The number of hydrogen-bond acceptors (Lipinski definition) is 3. The van der Waals surface area contributed by atoms with Crippen LogP contribution in [0.25, 0.3) is 0 Å². The molecule has 0 saturated carbocycles. The van der Waals surface area contributed by atoms with E-state index in [1.165, 1.54) is 5.56 Å². The van der Waals surface area contributed by atoms with Crippen molar-refractivity contribution in [3.05, 3.63) is 35.9 Å². The summed E-state index contributed by atoms with van der Waals surface area (Å²) >= 11 is 0. The maximum Gasteiger partial charge on any atom is 0.184 e. The molecule has 1 rings (SSSR count). The SMILES string of the molecule is C[Si](C)(C)O[C@H](CC#N)CCOCc1ccccc1. The first-order chi connectivity index (χ1) is 9.01. The molecule has 1 aromatic carbocycles. The number of hydrogen-bond donors (Lipinski definition) is 0. The molecule has 0 bridgehead atoms. The molecule has 0 unspecified atom stereocenters. The monoisotopic (exact) mass is 277 g/mol. The van der Waals surface area contributed by atoms with Crippen molar-refractivity contribution in [3.63, 3.8) is 0 Å². The fraction of sp³-hybridized carbons (Fsp3) is 0.533. The molecule has 0 N–H and O–H groups in total. The Morgan fingerprint density at radius 3 is 2.47 bits per heavy atom. The minimum Gasteiger partial charge on any atom is -0.414 e. The molecular formula is C15H23NO2Si. The Morgan fingerprint density at radius 1 is 1.21 bits per heavy atom. The standard InChI is InChI=1S/C15H23NO2Si/c1-19(2,3)18-15(9-11-16)10-12-17-13-14-7-5-4-6-8-14/h4-8,15H,9-10,12-13H2,1-3H3/t15-/m1/s1. The van der Waals surface area contributed by atoms with Gasteiger partial charge in [-0.15, -0.1) is 0 Å². The fourth-order valence-electron chi connectivity index (χ4n) is 1.78. The Bertz CT molecular complexity index is 395. The van der Waals surface area contributed by atoms with Gasteiger partial charge in [0, 0.05) is 6.61 Å². The summed E-state index contributed by atoms with van der Waals surface area (Å²) < 4.78 is 11.6. The molecule has 0 aliphatic rings. The van der Waals surface area contributed by atoms with Gasteiger partial charge in [-0.1, -0.05) is 30.3 Å².